The predicted molar refractivity (Wildman–Crippen MR) is 83.2 cm³/mol. The molecule has 0 bridgehead atoms. The van der Waals surface area contributed by atoms with Crippen LogP contribution in [-0.4, -0.2) is 42.2 Å². The monoisotopic (exact) mass is 324 g/mol. The van der Waals surface area contributed by atoms with E-state index in [2.05, 4.69) is 20.2 Å². The average Bonchev–Trinajstić information content (AvgIpc) is 3.15. The number of hydrogen-bond acceptors (Lipinski definition) is 7. The zero-order valence-corrected chi connectivity index (χ0v) is 13.3. The van der Waals surface area contributed by atoms with Crippen molar-refractivity contribution in [2.24, 2.45) is 0 Å². The van der Waals surface area contributed by atoms with E-state index in [4.69, 9.17) is 4.74 Å². The fourth-order valence-electron chi connectivity index (χ4n) is 2.02. The van der Waals surface area contributed by atoms with E-state index in [0.29, 0.717) is 25.5 Å². The molecule has 8 heteroatoms. The molecule has 2 aromatic rings. The van der Waals surface area contributed by atoms with Crippen molar-refractivity contribution in [3.63, 3.8) is 0 Å². The molecule has 6 nitrogen and oxygen atoms in total. The molecule has 0 spiro atoms. The standard InChI is InChI=1S/C13H16N4O2S2/c1-9-15-10(7-20-9)6-14-12(18)11-8-21-13(16-11)17-2-4-19-5-3-17/h7-8H,2-6H2,1H3,(H,14,18). The SMILES string of the molecule is Cc1nc(CNC(=O)c2csc(N3CCOCC3)n2)cs1. The highest BCUT2D eigenvalue weighted by molar-refractivity contribution is 7.14. The largest absolute Gasteiger partial charge is 0.378 e. The van der Waals surface area contributed by atoms with E-state index in [1.165, 1.54) is 11.3 Å². The lowest BCUT2D eigenvalue weighted by molar-refractivity contribution is 0.0946. The van der Waals surface area contributed by atoms with Gasteiger partial charge in [-0.05, 0) is 6.92 Å². The van der Waals surface area contributed by atoms with Crippen LogP contribution < -0.4 is 10.2 Å². The Morgan fingerprint density at radius 1 is 1.33 bits per heavy atom. The third-order valence-electron chi connectivity index (χ3n) is 3.10. The highest BCUT2D eigenvalue weighted by Gasteiger charge is 2.17. The van der Waals surface area contributed by atoms with Crippen LogP contribution in [0, 0.1) is 6.92 Å². The van der Waals surface area contributed by atoms with Gasteiger partial charge >= 0.3 is 0 Å². The van der Waals surface area contributed by atoms with Crippen molar-refractivity contribution in [2.75, 3.05) is 31.2 Å². The van der Waals surface area contributed by atoms with Crippen LogP contribution >= 0.6 is 22.7 Å². The van der Waals surface area contributed by atoms with E-state index >= 15 is 0 Å². The van der Waals surface area contributed by atoms with E-state index in [1.54, 1.807) is 16.7 Å². The summed E-state index contributed by atoms with van der Waals surface area (Å²) in [6.45, 7) is 5.46. The van der Waals surface area contributed by atoms with Gasteiger partial charge in [0.05, 0.1) is 30.5 Å². The predicted octanol–water partition coefficient (Wildman–Crippen LogP) is 1.67. The summed E-state index contributed by atoms with van der Waals surface area (Å²) in [6.07, 6.45) is 0. The number of carbonyl (C=O) groups excluding carboxylic acids is 1. The van der Waals surface area contributed by atoms with Crippen molar-refractivity contribution in [3.05, 3.63) is 27.2 Å². The molecule has 0 unspecified atom stereocenters. The van der Waals surface area contributed by atoms with E-state index < -0.39 is 0 Å². The van der Waals surface area contributed by atoms with Gasteiger partial charge in [0.2, 0.25) is 0 Å². The third-order valence-corrected chi connectivity index (χ3v) is 4.83. The zero-order valence-electron chi connectivity index (χ0n) is 11.7. The van der Waals surface area contributed by atoms with Crippen LogP contribution in [0.2, 0.25) is 0 Å². The van der Waals surface area contributed by atoms with Crippen LogP contribution in [0.15, 0.2) is 10.8 Å². The molecule has 1 fully saturated rings. The first-order valence-electron chi connectivity index (χ1n) is 6.70. The molecule has 0 radical (unpaired) electrons. The van der Waals surface area contributed by atoms with Crippen molar-refractivity contribution >= 4 is 33.7 Å². The highest BCUT2D eigenvalue weighted by atomic mass is 32.1. The fraction of sp³-hybridized carbons (Fsp3) is 0.462. The summed E-state index contributed by atoms with van der Waals surface area (Å²) < 4.78 is 5.31. The van der Waals surface area contributed by atoms with Crippen molar-refractivity contribution in [1.82, 2.24) is 15.3 Å². The Labute approximate surface area is 130 Å². The van der Waals surface area contributed by atoms with Gasteiger partial charge in [0.25, 0.3) is 5.91 Å². The summed E-state index contributed by atoms with van der Waals surface area (Å²) in [5, 5.41) is 8.49. The molecular weight excluding hydrogens is 308 g/mol. The molecular formula is C13H16N4O2S2. The first-order chi connectivity index (χ1) is 10.2. The molecule has 0 aromatic carbocycles. The zero-order chi connectivity index (χ0) is 14.7. The number of morpholine rings is 1. The molecule has 3 rings (SSSR count). The number of hydrogen-bond donors (Lipinski definition) is 1. The maximum Gasteiger partial charge on any atom is 0.271 e. The Balaban J connectivity index is 1.58. The Morgan fingerprint density at radius 3 is 2.86 bits per heavy atom. The van der Waals surface area contributed by atoms with Gasteiger partial charge in [0.1, 0.15) is 5.69 Å². The molecule has 1 amide bonds. The van der Waals surface area contributed by atoms with Gasteiger partial charge in [-0.2, -0.15) is 0 Å². The maximum atomic E-state index is 12.1. The summed E-state index contributed by atoms with van der Waals surface area (Å²) in [5.41, 5.74) is 1.35. The molecule has 1 saturated heterocycles. The molecule has 1 N–H and O–H groups in total. The number of anilines is 1. The summed E-state index contributed by atoms with van der Waals surface area (Å²) >= 11 is 3.08. The van der Waals surface area contributed by atoms with Gasteiger partial charge in [0.15, 0.2) is 5.13 Å². The molecule has 0 atom stereocenters. The average molecular weight is 324 g/mol. The van der Waals surface area contributed by atoms with Crippen LogP contribution in [0.5, 0.6) is 0 Å². The van der Waals surface area contributed by atoms with Gasteiger partial charge in [-0.25, -0.2) is 9.97 Å². The minimum atomic E-state index is -0.156. The minimum Gasteiger partial charge on any atom is -0.378 e. The number of thiazole rings is 2. The van der Waals surface area contributed by atoms with Gasteiger partial charge < -0.3 is 15.0 Å². The number of amides is 1. The van der Waals surface area contributed by atoms with Crippen molar-refractivity contribution in [2.45, 2.75) is 13.5 Å². The normalized spacial score (nSPS) is 15.2. The lowest BCUT2D eigenvalue weighted by Gasteiger charge is -2.25. The molecule has 1 aliphatic rings. The first-order valence-corrected chi connectivity index (χ1v) is 8.46. The van der Waals surface area contributed by atoms with Crippen molar-refractivity contribution < 1.29 is 9.53 Å². The Hall–Kier alpha value is -1.51. The quantitative estimate of drug-likeness (QED) is 0.927. The lowest BCUT2D eigenvalue weighted by atomic mass is 10.4. The summed E-state index contributed by atoms with van der Waals surface area (Å²) in [5.74, 6) is -0.156. The molecule has 21 heavy (non-hydrogen) atoms. The summed E-state index contributed by atoms with van der Waals surface area (Å²) in [6, 6.07) is 0. The van der Waals surface area contributed by atoms with Crippen LogP contribution in [0.1, 0.15) is 21.2 Å². The molecule has 1 aliphatic heterocycles. The number of ether oxygens (including phenoxy) is 1. The number of carbonyl (C=O) groups is 1. The van der Waals surface area contributed by atoms with Crippen LogP contribution in [-0.2, 0) is 11.3 Å². The lowest BCUT2D eigenvalue weighted by Crippen LogP contribution is -2.36. The number of aromatic nitrogens is 2. The second-order valence-corrected chi connectivity index (χ2v) is 6.55. The third kappa shape index (κ3) is 3.58. The van der Waals surface area contributed by atoms with E-state index in [-0.39, 0.29) is 5.91 Å². The topological polar surface area (TPSA) is 67.4 Å². The summed E-state index contributed by atoms with van der Waals surface area (Å²) in [4.78, 5) is 23.0. The van der Waals surface area contributed by atoms with Crippen molar-refractivity contribution in [1.29, 1.82) is 0 Å². The van der Waals surface area contributed by atoms with E-state index in [9.17, 15) is 4.79 Å². The molecule has 0 aliphatic carbocycles. The minimum absolute atomic E-state index is 0.156. The molecule has 2 aromatic heterocycles. The maximum absolute atomic E-state index is 12.1. The van der Waals surface area contributed by atoms with Crippen LogP contribution in [0.25, 0.3) is 0 Å². The van der Waals surface area contributed by atoms with Crippen LogP contribution in [0.4, 0.5) is 5.13 Å². The number of nitrogens with zero attached hydrogens (tertiary/aromatic N) is 3. The second-order valence-electron chi connectivity index (χ2n) is 4.66. The number of aryl methyl sites for hydroxylation is 1. The van der Waals surface area contributed by atoms with Crippen LogP contribution in [0.3, 0.4) is 0 Å². The Bertz CT molecular complexity index is 619. The smallest absolute Gasteiger partial charge is 0.271 e. The van der Waals surface area contributed by atoms with Gasteiger partial charge in [0, 0.05) is 23.8 Å². The van der Waals surface area contributed by atoms with Gasteiger partial charge in [-0.1, -0.05) is 0 Å². The Kier molecular flexibility index (Phi) is 4.47. The van der Waals surface area contributed by atoms with Gasteiger partial charge in [-0.3, -0.25) is 4.79 Å². The fourth-order valence-corrected chi connectivity index (χ4v) is 3.49. The van der Waals surface area contributed by atoms with Gasteiger partial charge in [-0.15, -0.1) is 22.7 Å². The Morgan fingerprint density at radius 2 is 2.14 bits per heavy atom. The summed E-state index contributed by atoms with van der Waals surface area (Å²) in [7, 11) is 0. The van der Waals surface area contributed by atoms with E-state index in [1.807, 2.05) is 12.3 Å². The molecule has 3 heterocycles. The van der Waals surface area contributed by atoms with Crippen molar-refractivity contribution in [3.8, 4) is 0 Å². The molecule has 112 valence electrons. The van der Waals surface area contributed by atoms with E-state index in [0.717, 1.165) is 28.9 Å². The number of rotatable bonds is 4. The number of nitrogens with one attached hydrogen (secondary N) is 1. The molecule has 0 saturated carbocycles. The second kappa shape index (κ2) is 6.50. The first kappa shape index (κ1) is 14.4. The highest BCUT2D eigenvalue weighted by Crippen LogP contribution is 2.21.